The Bertz CT molecular complexity index is 682. The van der Waals surface area contributed by atoms with Gasteiger partial charge in [-0.1, -0.05) is 0 Å². The summed E-state index contributed by atoms with van der Waals surface area (Å²) in [6.07, 6.45) is -3.70. The van der Waals surface area contributed by atoms with Crippen molar-refractivity contribution in [2.45, 2.75) is 19.0 Å². The first-order chi connectivity index (χ1) is 8.77. The first-order valence-corrected chi connectivity index (χ1v) is 5.06. The molecule has 0 aromatic carbocycles. The number of halogens is 4. The quantitative estimate of drug-likeness (QED) is 0.806. The van der Waals surface area contributed by atoms with Crippen LogP contribution in [-0.4, -0.2) is 20.8 Å². The zero-order chi connectivity index (χ0) is 14.4. The van der Waals surface area contributed by atoms with Gasteiger partial charge in [0.15, 0.2) is 5.82 Å². The molecule has 0 amide bonds. The molecule has 2 heterocycles. The van der Waals surface area contributed by atoms with Crippen molar-refractivity contribution in [3.63, 3.8) is 0 Å². The van der Waals surface area contributed by atoms with Crippen molar-refractivity contribution >= 4 is 11.5 Å². The summed E-state index contributed by atoms with van der Waals surface area (Å²) >= 11 is 0. The summed E-state index contributed by atoms with van der Waals surface area (Å²) in [5.41, 5.74) is 3.66. The molecule has 1 atom stereocenters. The lowest BCUT2D eigenvalue weighted by molar-refractivity contribution is -0.147. The van der Waals surface area contributed by atoms with Crippen LogP contribution in [0.2, 0.25) is 0 Å². The molecule has 2 N–H and O–H groups in total. The SMILES string of the molecule is CC(c1c(C#N)c(F)c2cnc(N)nn12)C(F)(F)F. The Morgan fingerprint density at radius 2 is 2.11 bits per heavy atom. The molecule has 5 nitrogen and oxygen atoms in total. The maximum absolute atomic E-state index is 13.8. The molecule has 2 aromatic rings. The number of nitrogens with two attached hydrogens (primary N) is 1. The highest BCUT2D eigenvalue weighted by Crippen LogP contribution is 2.37. The highest BCUT2D eigenvalue weighted by atomic mass is 19.4. The van der Waals surface area contributed by atoms with E-state index in [4.69, 9.17) is 11.0 Å². The third-order valence-electron chi connectivity index (χ3n) is 2.69. The van der Waals surface area contributed by atoms with Crippen LogP contribution in [0.3, 0.4) is 0 Å². The normalized spacial score (nSPS) is 13.5. The molecule has 0 bridgehead atoms. The summed E-state index contributed by atoms with van der Waals surface area (Å²) in [6, 6.07) is 1.42. The number of hydrogen-bond donors (Lipinski definition) is 1. The Balaban J connectivity index is 2.85. The minimum Gasteiger partial charge on any atom is -0.367 e. The van der Waals surface area contributed by atoms with Gasteiger partial charge in [-0.3, -0.25) is 0 Å². The van der Waals surface area contributed by atoms with Crippen molar-refractivity contribution in [3.05, 3.63) is 23.3 Å². The standard InChI is InChI=1S/C10H7F4N5/c1-4(10(12,13)14)8-5(2-15)7(11)6-3-17-9(16)18-19(6)8/h3-4H,1H3,(H2,16,18). The van der Waals surface area contributed by atoms with Gasteiger partial charge in [-0.25, -0.2) is 13.9 Å². The minimum absolute atomic E-state index is 0.317. The Labute approximate surface area is 104 Å². The van der Waals surface area contributed by atoms with Crippen molar-refractivity contribution in [2.75, 3.05) is 5.73 Å². The molecular weight excluding hydrogens is 266 g/mol. The van der Waals surface area contributed by atoms with E-state index in [1.165, 1.54) is 6.07 Å². The van der Waals surface area contributed by atoms with Gasteiger partial charge >= 0.3 is 6.18 Å². The van der Waals surface area contributed by atoms with Crippen LogP contribution in [0.15, 0.2) is 6.20 Å². The number of nitrogen functional groups attached to an aromatic ring is 1. The van der Waals surface area contributed by atoms with E-state index < -0.39 is 29.2 Å². The Hall–Kier alpha value is -2.37. The lowest BCUT2D eigenvalue weighted by Crippen LogP contribution is -2.21. The molecule has 0 aliphatic carbocycles. The molecule has 9 heteroatoms. The largest absolute Gasteiger partial charge is 0.397 e. The lowest BCUT2D eigenvalue weighted by Gasteiger charge is -2.15. The molecule has 2 rings (SSSR count). The van der Waals surface area contributed by atoms with Crippen LogP contribution in [0.1, 0.15) is 24.1 Å². The van der Waals surface area contributed by atoms with Gasteiger partial charge in [0.2, 0.25) is 5.95 Å². The topological polar surface area (TPSA) is 80.0 Å². The number of rotatable bonds is 1. The van der Waals surface area contributed by atoms with Crippen LogP contribution in [0.25, 0.3) is 5.52 Å². The Kier molecular flexibility index (Phi) is 2.81. The molecule has 2 aromatic heterocycles. The summed E-state index contributed by atoms with van der Waals surface area (Å²) in [4.78, 5) is 3.49. The maximum atomic E-state index is 13.8. The summed E-state index contributed by atoms with van der Waals surface area (Å²) in [7, 11) is 0. The molecule has 0 saturated heterocycles. The second-order valence-electron chi connectivity index (χ2n) is 3.86. The lowest BCUT2D eigenvalue weighted by atomic mass is 10.0. The molecule has 0 aliphatic heterocycles. The van der Waals surface area contributed by atoms with E-state index in [2.05, 4.69) is 10.1 Å². The van der Waals surface area contributed by atoms with Gasteiger partial charge in [0.25, 0.3) is 0 Å². The molecule has 0 radical (unpaired) electrons. The summed E-state index contributed by atoms with van der Waals surface area (Å²) < 4.78 is 52.8. The number of fused-ring (bicyclic) bond motifs is 1. The number of nitrogens with zero attached hydrogens (tertiary/aromatic N) is 4. The first-order valence-electron chi connectivity index (χ1n) is 5.06. The van der Waals surface area contributed by atoms with Gasteiger partial charge in [0.1, 0.15) is 17.1 Å². The maximum Gasteiger partial charge on any atom is 0.397 e. The average Bonchev–Trinajstić information content (AvgIpc) is 2.59. The van der Waals surface area contributed by atoms with E-state index in [-0.39, 0.29) is 11.5 Å². The van der Waals surface area contributed by atoms with Crippen LogP contribution in [0, 0.1) is 17.1 Å². The fourth-order valence-corrected chi connectivity index (χ4v) is 1.71. The molecular formula is C10H7F4N5. The van der Waals surface area contributed by atoms with Crippen molar-refractivity contribution in [2.24, 2.45) is 0 Å². The summed E-state index contributed by atoms with van der Waals surface area (Å²) in [5.74, 6) is -3.47. The number of aromatic nitrogens is 3. The first kappa shape index (κ1) is 13.1. The third kappa shape index (κ3) is 1.95. The van der Waals surface area contributed by atoms with Crippen molar-refractivity contribution in [3.8, 4) is 6.07 Å². The van der Waals surface area contributed by atoms with Crippen LogP contribution in [0.5, 0.6) is 0 Å². The van der Waals surface area contributed by atoms with Gasteiger partial charge in [0.05, 0.1) is 17.8 Å². The molecule has 0 fully saturated rings. The van der Waals surface area contributed by atoms with Crippen LogP contribution in [-0.2, 0) is 0 Å². The van der Waals surface area contributed by atoms with Crippen molar-refractivity contribution in [1.29, 1.82) is 5.26 Å². The van der Waals surface area contributed by atoms with Crippen LogP contribution in [0.4, 0.5) is 23.5 Å². The number of nitriles is 1. The van der Waals surface area contributed by atoms with Crippen molar-refractivity contribution in [1.82, 2.24) is 14.6 Å². The summed E-state index contributed by atoms with van der Waals surface area (Å²) in [5, 5.41) is 12.4. The molecule has 0 spiro atoms. The van der Waals surface area contributed by atoms with Gasteiger partial charge in [-0.2, -0.15) is 18.4 Å². The predicted molar refractivity (Wildman–Crippen MR) is 56.5 cm³/mol. The number of hydrogen-bond acceptors (Lipinski definition) is 4. The smallest absolute Gasteiger partial charge is 0.367 e. The second-order valence-corrected chi connectivity index (χ2v) is 3.86. The third-order valence-corrected chi connectivity index (χ3v) is 2.69. The predicted octanol–water partition coefficient (Wildman–Crippen LogP) is 1.99. The van der Waals surface area contributed by atoms with Crippen molar-refractivity contribution < 1.29 is 17.6 Å². The van der Waals surface area contributed by atoms with Gasteiger partial charge in [-0.05, 0) is 6.92 Å². The fraction of sp³-hybridized carbons (Fsp3) is 0.300. The van der Waals surface area contributed by atoms with E-state index in [0.717, 1.165) is 13.1 Å². The minimum atomic E-state index is -4.63. The van der Waals surface area contributed by atoms with Gasteiger partial charge in [0, 0.05) is 0 Å². The van der Waals surface area contributed by atoms with E-state index in [1.807, 2.05) is 0 Å². The average molecular weight is 273 g/mol. The molecule has 19 heavy (non-hydrogen) atoms. The fourth-order valence-electron chi connectivity index (χ4n) is 1.71. The molecule has 0 aliphatic rings. The Morgan fingerprint density at radius 1 is 1.47 bits per heavy atom. The Morgan fingerprint density at radius 3 is 2.63 bits per heavy atom. The molecule has 0 saturated carbocycles. The molecule has 100 valence electrons. The van der Waals surface area contributed by atoms with E-state index >= 15 is 0 Å². The summed E-state index contributed by atoms with van der Waals surface area (Å²) in [6.45, 7) is 0.820. The van der Waals surface area contributed by atoms with E-state index in [0.29, 0.717) is 4.52 Å². The molecule has 1 unspecified atom stereocenters. The van der Waals surface area contributed by atoms with E-state index in [9.17, 15) is 17.6 Å². The van der Waals surface area contributed by atoms with Crippen LogP contribution < -0.4 is 5.73 Å². The number of alkyl halides is 3. The highest BCUT2D eigenvalue weighted by Gasteiger charge is 2.41. The zero-order valence-corrected chi connectivity index (χ0v) is 9.53. The second kappa shape index (κ2) is 4.08. The van der Waals surface area contributed by atoms with E-state index in [1.54, 1.807) is 0 Å². The number of anilines is 1. The van der Waals surface area contributed by atoms with Gasteiger partial charge in [-0.15, -0.1) is 5.10 Å². The zero-order valence-electron chi connectivity index (χ0n) is 9.53. The monoisotopic (exact) mass is 273 g/mol. The van der Waals surface area contributed by atoms with Gasteiger partial charge < -0.3 is 5.73 Å². The van der Waals surface area contributed by atoms with Crippen LogP contribution >= 0.6 is 0 Å². The highest BCUT2D eigenvalue weighted by molar-refractivity contribution is 5.58.